The predicted molar refractivity (Wildman–Crippen MR) is 80.6 cm³/mol. The molecular weight excluding hydrogens is 258 g/mol. The van der Waals surface area contributed by atoms with Crippen LogP contribution >= 0.6 is 11.6 Å². The van der Waals surface area contributed by atoms with Gasteiger partial charge in [0, 0.05) is 11.6 Å². The van der Waals surface area contributed by atoms with E-state index in [2.05, 4.69) is 18.3 Å². The Balaban J connectivity index is 1.94. The molecule has 0 aliphatic heterocycles. The van der Waals surface area contributed by atoms with E-state index >= 15 is 0 Å². The quantitative estimate of drug-likeness (QED) is 0.809. The molecule has 1 aliphatic rings. The van der Waals surface area contributed by atoms with E-state index in [0.29, 0.717) is 0 Å². The largest absolute Gasteiger partial charge is 0.372 e. The van der Waals surface area contributed by atoms with Crippen molar-refractivity contribution in [3.8, 4) is 0 Å². The lowest BCUT2D eigenvalue weighted by molar-refractivity contribution is 0.0298. The van der Waals surface area contributed by atoms with Crippen LogP contribution in [0.1, 0.15) is 44.3 Å². The van der Waals surface area contributed by atoms with Gasteiger partial charge < -0.3 is 10.1 Å². The Bertz CT molecular complexity index is 377. The number of benzene rings is 1. The van der Waals surface area contributed by atoms with Crippen LogP contribution < -0.4 is 5.32 Å². The summed E-state index contributed by atoms with van der Waals surface area (Å²) >= 11 is 6.07. The highest BCUT2D eigenvalue weighted by atomic mass is 35.5. The fourth-order valence-electron chi connectivity index (χ4n) is 2.68. The number of likely N-dealkylation sites (N-methyl/N-ethyl adjacent to an activating group) is 1. The standard InChI is InChI=1S/C16H24ClNO/c1-2-18-11-16(14-8-5-9-15(17)10-14)19-12-13-6-3-4-7-13/h5,8-10,13,16,18H,2-4,6-7,11-12H2,1H3. The molecule has 0 saturated heterocycles. The molecule has 1 aromatic rings. The van der Waals surface area contributed by atoms with Gasteiger partial charge in [0.25, 0.3) is 0 Å². The van der Waals surface area contributed by atoms with E-state index in [0.717, 1.165) is 30.6 Å². The van der Waals surface area contributed by atoms with Crippen molar-refractivity contribution in [3.05, 3.63) is 34.9 Å². The number of rotatable bonds is 7. The number of halogens is 1. The van der Waals surface area contributed by atoms with Crippen LogP contribution in [-0.2, 0) is 4.74 Å². The van der Waals surface area contributed by atoms with Gasteiger partial charge in [-0.3, -0.25) is 0 Å². The first-order valence-electron chi connectivity index (χ1n) is 7.37. The second-order valence-corrected chi connectivity index (χ2v) is 5.77. The minimum atomic E-state index is 0.110. The van der Waals surface area contributed by atoms with Crippen LogP contribution in [0.5, 0.6) is 0 Å². The summed E-state index contributed by atoms with van der Waals surface area (Å²) in [6.45, 7) is 4.81. The molecule has 3 heteroatoms. The van der Waals surface area contributed by atoms with E-state index in [1.165, 1.54) is 31.2 Å². The van der Waals surface area contributed by atoms with E-state index in [-0.39, 0.29) is 6.10 Å². The molecule has 1 saturated carbocycles. The second-order valence-electron chi connectivity index (χ2n) is 5.34. The number of nitrogens with one attached hydrogen (secondary N) is 1. The summed E-state index contributed by atoms with van der Waals surface area (Å²) in [5, 5.41) is 4.15. The molecule has 0 bridgehead atoms. The van der Waals surface area contributed by atoms with Crippen LogP contribution in [0.15, 0.2) is 24.3 Å². The fraction of sp³-hybridized carbons (Fsp3) is 0.625. The van der Waals surface area contributed by atoms with Crippen LogP contribution in [-0.4, -0.2) is 19.7 Å². The van der Waals surface area contributed by atoms with E-state index in [9.17, 15) is 0 Å². The molecule has 19 heavy (non-hydrogen) atoms. The maximum Gasteiger partial charge on any atom is 0.0949 e. The van der Waals surface area contributed by atoms with Gasteiger partial charge in [-0.2, -0.15) is 0 Å². The summed E-state index contributed by atoms with van der Waals surface area (Å²) < 4.78 is 6.15. The number of hydrogen-bond acceptors (Lipinski definition) is 2. The van der Waals surface area contributed by atoms with Gasteiger partial charge in [0.05, 0.1) is 12.7 Å². The lowest BCUT2D eigenvalue weighted by Crippen LogP contribution is -2.24. The topological polar surface area (TPSA) is 21.3 Å². The summed E-state index contributed by atoms with van der Waals surface area (Å²) in [6.07, 6.45) is 5.48. The van der Waals surface area contributed by atoms with Crippen LogP contribution in [0.4, 0.5) is 0 Å². The minimum absolute atomic E-state index is 0.110. The highest BCUT2D eigenvalue weighted by Gasteiger charge is 2.18. The van der Waals surface area contributed by atoms with Crippen LogP contribution in [0.2, 0.25) is 5.02 Å². The molecule has 0 aromatic heterocycles. The van der Waals surface area contributed by atoms with Gasteiger partial charge in [0.15, 0.2) is 0 Å². The van der Waals surface area contributed by atoms with Crippen molar-refractivity contribution < 1.29 is 4.74 Å². The van der Waals surface area contributed by atoms with Crippen LogP contribution in [0.25, 0.3) is 0 Å². The Hall–Kier alpha value is -0.570. The summed E-state index contributed by atoms with van der Waals surface area (Å²) in [7, 11) is 0. The molecule has 0 radical (unpaired) electrons. The van der Waals surface area contributed by atoms with Crippen LogP contribution in [0.3, 0.4) is 0 Å². The molecule has 1 fully saturated rings. The SMILES string of the molecule is CCNCC(OCC1CCCC1)c1cccc(Cl)c1. The van der Waals surface area contributed by atoms with Gasteiger partial charge in [0.1, 0.15) is 0 Å². The molecule has 0 heterocycles. The Morgan fingerprint density at radius 1 is 1.37 bits per heavy atom. The zero-order chi connectivity index (χ0) is 13.5. The van der Waals surface area contributed by atoms with Crippen molar-refractivity contribution in [2.75, 3.05) is 19.7 Å². The lowest BCUT2D eigenvalue weighted by Gasteiger charge is -2.21. The van der Waals surface area contributed by atoms with Gasteiger partial charge in [0.2, 0.25) is 0 Å². The average Bonchev–Trinajstić information content (AvgIpc) is 2.92. The van der Waals surface area contributed by atoms with Crippen molar-refractivity contribution in [2.24, 2.45) is 5.92 Å². The first kappa shape index (κ1) is 14.8. The third-order valence-corrected chi connectivity index (χ3v) is 4.04. The average molecular weight is 282 g/mol. The van der Waals surface area contributed by atoms with Gasteiger partial charge >= 0.3 is 0 Å². The molecule has 106 valence electrons. The minimum Gasteiger partial charge on any atom is -0.372 e. The van der Waals surface area contributed by atoms with Gasteiger partial charge in [-0.25, -0.2) is 0 Å². The van der Waals surface area contributed by atoms with Gasteiger partial charge in [-0.05, 0) is 43.0 Å². The maximum atomic E-state index is 6.15. The highest BCUT2D eigenvalue weighted by Crippen LogP contribution is 2.27. The third kappa shape index (κ3) is 4.79. The van der Waals surface area contributed by atoms with Gasteiger partial charge in [-0.1, -0.05) is 43.5 Å². The predicted octanol–water partition coefficient (Wildman–Crippen LogP) is 4.20. The first-order valence-corrected chi connectivity index (χ1v) is 7.75. The molecule has 0 spiro atoms. The van der Waals surface area contributed by atoms with Crippen molar-refractivity contribution in [2.45, 2.75) is 38.7 Å². The van der Waals surface area contributed by atoms with Crippen molar-refractivity contribution in [1.82, 2.24) is 5.32 Å². The molecule has 1 aliphatic carbocycles. The highest BCUT2D eigenvalue weighted by molar-refractivity contribution is 6.30. The van der Waals surface area contributed by atoms with E-state index < -0.39 is 0 Å². The van der Waals surface area contributed by atoms with E-state index in [1.807, 2.05) is 18.2 Å². The Labute approximate surface area is 121 Å². The van der Waals surface area contributed by atoms with Crippen molar-refractivity contribution >= 4 is 11.6 Å². The van der Waals surface area contributed by atoms with E-state index in [4.69, 9.17) is 16.3 Å². The smallest absolute Gasteiger partial charge is 0.0949 e. The third-order valence-electron chi connectivity index (χ3n) is 3.81. The van der Waals surface area contributed by atoms with Crippen molar-refractivity contribution in [1.29, 1.82) is 0 Å². The lowest BCUT2D eigenvalue weighted by atomic mass is 10.1. The molecular formula is C16H24ClNO. The van der Waals surface area contributed by atoms with Crippen LogP contribution in [0, 0.1) is 5.92 Å². The monoisotopic (exact) mass is 281 g/mol. The first-order chi connectivity index (χ1) is 9.29. The number of ether oxygens (including phenoxy) is 1. The summed E-state index contributed by atoms with van der Waals surface area (Å²) in [5.41, 5.74) is 1.17. The summed E-state index contributed by atoms with van der Waals surface area (Å²) in [6, 6.07) is 8.02. The normalized spacial score (nSPS) is 17.8. The fourth-order valence-corrected chi connectivity index (χ4v) is 2.88. The zero-order valence-corrected chi connectivity index (χ0v) is 12.5. The van der Waals surface area contributed by atoms with E-state index in [1.54, 1.807) is 0 Å². The molecule has 2 nitrogen and oxygen atoms in total. The molecule has 1 unspecified atom stereocenters. The molecule has 2 rings (SSSR count). The molecule has 0 amide bonds. The molecule has 1 aromatic carbocycles. The Morgan fingerprint density at radius 3 is 2.84 bits per heavy atom. The Morgan fingerprint density at radius 2 is 2.16 bits per heavy atom. The number of hydrogen-bond donors (Lipinski definition) is 1. The summed E-state index contributed by atoms with van der Waals surface area (Å²) in [4.78, 5) is 0. The zero-order valence-electron chi connectivity index (χ0n) is 11.7. The van der Waals surface area contributed by atoms with Crippen molar-refractivity contribution in [3.63, 3.8) is 0 Å². The van der Waals surface area contributed by atoms with Gasteiger partial charge in [-0.15, -0.1) is 0 Å². The second kappa shape index (κ2) is 7.88. The Kier molecular flexibility index (Phi) is 6.15. The molecule has 1 N–H and O–H groups in total. The maximum absolute atomic E-state index is 6.15. The summed E-state index contributed by atoms with van der Waals surface area (Å²) in [5.74, 6) is 0.753. The molecule has 1 atom stereocenters.